The predicted molar refractivity (Wildman–Crippen MR) is 87.0 cm³/mol. The molecule has 0 aliphatic heterocycles. The lowest BCUT2D eigenvalue weighted by Crippen LogP contribution is -2.36. The van der Waals surface area contributed by atoms with Crippen molar-refractivity contribution in [3.05, 3.63) is 23.8 Å². The molecule has 0 spiro atoms. The van der Waals surface area contributed by atoms with Crippen LogP contribution in [-0.4, -0.2) is 20.3 Å². The maximum absolute atomic E-state index is 5.34. The van der Waals surface area contributed by atoms with Crippen molar-refractivity contribution in [3.63, 3.8) is 0 Å². The molecule has 0 aromatic heterocycles. The van der Waals surface area contributed by atoms with E-state index in [1.54, 1.807) is 14.2 Å². The first-order chi connectivity index (χ1) is 10.3. The van der Waals surface area contributed by atoms with Gasteiger partial charge in [0.2, 0.25) is 0 Å². The summed E-state index contributed by atoms with van der Waals surface area (Å²) >= 11 is 0. The molecule has 1 aliphatic rings. The molecular weight excluding hydrogens is 262 g/mol. The third-order valence-corrected chi connectivity index (χ3v) is 4.64. The van der Waals surface area contributed by atoms with E-state index in [0.717, 1.165) is 24.0 Å². The molecule has 0 saturated heterocycles. The molecular formula is C18H29NO2. The summed E-state index contributed by atoms with van der Waals surface area (Å²) in [7, 11) is 3.39. The van der Waals surface area contributed by atoms with Gasteiger partial charge in [0.05, 0.1) is 14.2 Å². The SMILES string of the molecule is CCC(NCc1cc(OC)cc(OC)c1)C1CCCCC1. The van der Waals surface area contributed by atoms with Gasteiger partial charge in [0.15, 0.2) is 0 Å². The number of nitrogens with one attached hydrogen (secondary N) is 1. The minimum absolute atomic E-state index is 0.627. The highest BCUT2D eigenvalue weighted by Crippen LogP contribution is 2.28. The van der Waals surface area contributed by atoms with Crippen molar-refractivity contribution in [3.8, 4) is 11.5 Å². The normalized spacial score (nSPS) is 17.5. The molecule has 1 N–H and O–H groups in total. The molecule has 2 rings (SSSR count). The average molecular weight is 291 g/mol. The van der Waals surface area contributed by atoms with Crippen LogP contribution in [0.5, 0.6) is 11.5 Å². The number of benzene rings is 1. The quantitative estimate of drug-likeness (QED) is 0.818. The Bertz CT molecular complexity index is 405. The zero-order chi connectivity index (χ0) is 15.1. The van der Waals surface area contributed by atoms with E-state index in [2.05, 4.69) is 24.4 Å². The van der Waals surface area contributed by atoms with Gasteiger partial charge in [-0.15, -0.1) is 0 Å². The first-order valence-electron chi connectivity index (χ1n) is 8.22. The molecule has 0 bridgehead atoms. The Morgan fingerprint density at radius 1 is 1.05 bits per heavy atom. The molecule has 0 radical (unpaired) electrons. The highest BCUT2D eigenvalue weighted by Gasteiger charge is 2.21. The molecule has 21 heavy (non-hydrogen) atoms. The van der Waals surface area contributed by atoms with Gasteiger partial charge in [0.25, 0.3) is 0 Å². The Balaban J connectivity index is 1.96. The van der Waals surface area contributed by atoms with Crippen molar-refractivity contribution >= 4 is 0 Å². The highest BCUT2D eigenvalue weighted by molar-refractivity contribution is 5.38. The third kappa shape index (κ3) is 4.63. The van der Waals surface area contributed by atoms with Crippen LogP contribution in [0.3, 0.4) is 0 Å². The van der Waals surface area contributed by atoms with E-state index in [4.69, 9.17) is 9.47 Å². The standard InChI is InChI=1S/C18H29NO2/c1-4-18(15-8-6-5-7-9-15)19-13-14-10-16(20-2)12-17(11-14)21-3/h10-12,15,18-19H,4-9,13H2,1-3H3. The molecule has 3 nitrogen and oxygen atoms in total. The van der Waals surface area contributed by atoms with Crippen molar-refractivity contribution in [2.24, 2.45) is 5.92 Å². The lowest BCUT2D eigenvalue weighted by atomic mass is 9.83. The van der Waals surface area contributed by atoms with Gasteiger partial charge in [-0.05, 0) is 42.9 Å². The minimum atomic E-state index is 0.627. The fraction of sp³-hybridized carbons (Fsp3) is 0.667. The van der Waals surface area contributed by atoms with Gasteiger partial charge >= 0.3 is 0 Å². The smallest absolute Gasteiger partial charge is 0.122 e. The average Bonchev–Trinajstić information content (AvgIpc) is 2.56. The van der Waals surface area contributed by atoms with Crippen LogP contribution in [0.2, 0.25) is 0 Å². The topological polar surface area (TPSA) is 30.5 Å². The van der Waals surface area contributed by atoms with Crippen LogP contribution in [0.15, 0.2) is 18.2 Å². The van der Waals surface area contributed by atoms with E-state index in [0.29, 0.717) is 6.04 Å². The van der Waals surface area contributed by atoms with Gasteiger partial charge in [0, 0.05) is 18.7 Å². The monoisotopic (exact) mass is 291 g/mol. The zero-order valence-corrected chi connectivity index (χ0v) is 13.7. The molecule has 1 atom stereocenters. The molecule has 3 heteroatoms. The second-order valence-corrected chi connectivity index (χ2v) is 6.01. The fourth-order valence-electron chi connectivity index (χ4n) is 3.40. The summed E-state index contributed by atoms with van der Waals surface area (Å²) in [5.74, 6) is 2.56. The second kappa shape index (κ2) is 8.28. The van der Waals surface area contributed by atoms with E-state index in [1.807, 2.05) is 6.07 Å². The summed E-state index contributed by atoms with van der Waals surface area (Å²) in [6, 6.07) is 6.72. The van der Waals surface area contributed by atoms with Crippen molar-refractivity contribution in [1.82, 2.24) is 5.32 Å². The number of ether oxygens (including phenoxy) is 2. The summed E-state index contributed by atoms with van der Waals surface area (Å²) in [4.78, 5) is 0. The molecule has 1 fully saturated rings. The van der Waals surface area contributed by atoms with Crippen LogP contribution >= 0.6 is 0 Å². The molecule has 118 valence electrons. The molecule has 1 unspecified atom stereocenters. The van der Waals surface area contributed by atoms with Crippen molar-refractivity contribution in [2.45, 2.75) is 58.0 Å². The third-order valence-electron chi connectivity index (χ3n) is 4.64. The molecule has 1 saturated carbocycles. The molecule has 0 heterocycles. The molecule has 1 aromatic carbocycles. The molecule has 1 aliphatic carbocycles. The first kappa shape index (κ1) is 16.2. The Hall–Kier alpha value is -1.22. The second-order valence-electron chi connectivity index (χ2n) is 6.01. The Kier molecular flexibility index (Phi) is 6.37. The summed E-state index contributed by atoms with van der Waals surface area (Å²) in [5.41, 5.74) is 1.22. The van der Waals surface area contributed by atoms with E-state index in [1.165, 1.54) is 44.1 Å². The number of methoxy groups -OCH3 is 2. The molecule has 0 amide bonds. The lowest BCUT2D eigenvalue weighted by Gasteiger charge is -2.30. The summed E-state index contributed by atoms with van der Waals surface area (Å²) in [6.45, 7) is 3.17. The van der Waals surface area contributed by atoms with E-state index < -0.39 is 0 Å². The fourth-order valence-corrected chi connectivity index (χ4v) is 3.40. The summed E-state index contributed by atoms with van der Waals surface area (Å²) in [6.07, 6.45) is 8.18. The van der Waals surface area contributed by atoms with Crippen LogP contribution in [-0.2, 0) is 6.54 Å². The summed E-state index contributed by atoms with van der Waals surface area (Å²) in [5, 5.41) is 3.75. The maximum Gasteiger partial charge on any atom is 0.122 e. The van der Waals surface area contributed by atoms with E-state index >= 15 is 0 Å². The number of hydrogen-bond acceptors (Lipinski definition) is 3. The van der Waals surface area contributed by atoms with Crippen LogP contribution in [0.1, 0.15) is 51.0 Å². The van der Waals surface area contributed by atoms with Gasteiger partial charge < -0.3 is 14.8 Å². The van der Waals surface area contributed by atoms with Gasteiger partial charge in [-0.25, -0.2) is 0 Å². The van der Waals surface area contributed by atoms with Crippen LogP contribution < -0.4 is 14.8 Å². The van der Waals surface area contributed by atoms with E-state index in [9.17, 15) is 0 Å². The van der Waals surface area contributed by atoms with Crippen LogP contribution in [0.25, 0.3) is 0 Å². The van der Waals surface area contributed by atoms with Gasteiger partial charge in [-0.3, -0.25) is 0 Å². The zero-order valence-electron chi connectivity index (χ0n) is 13.7. The largest absolute Gasteiger partial charge is 0.497 e. The van der Waals surface area contributed by atoms with Gasteiger partial charge in [-0.1, -0.05) is 26.2 Å². The maximum atomic E-state index is 5.34. The lowest BCUT2D eigenvalue weighted by molar-refractivity contribution is 0.261. The summed E-state index contributed by atoms with van der Waals surface area (Å²) < 4.78 is 10.7. The van der Waals surface area contributed by atoms with Gasteiger partial charge in [0.1, 0.15) is 11.5 Å². The van der Waals surface area contributed by atoms with Crippen LogP contribution in [0, 0.1) is 5.92 Å². The predicted octanol–water partition coefficient (Wildman–Crippen LogP) is 4.15. The Morgan fingerprint density at radius 3 is 2.19 bits per heavy atom. The minimum Gasteiger partial charge on any atom is -0.497 e. The Morgan fingerprint density at radius 2 is 1.67 bits per heavy atom. The number of rotatable bonds is 7. The number of hydrogen-bond donors (Lipinski definition) is 1. The van der Waals surface area contributed by atoms with Crippen molar-refractivity contribution in [1.29, 1.82) is 0 Å². The van der Waals surface area contributed by atoms with Crippen LogP contribution in [0.4, 0.5) is 0 Å². The highest BCUT2D eigenvalue weighted by atomic mass is 16.5. The van der Waals surface area contributed by atoms with E-state index in [-0.39, 0.29) is 0 Å². The van der Waals surface area contributed by atoms with Gasteiger partial charge in [-0.2, -0.15) is 0 Å². The van der Waals surface area contributed by atoms with Crippen molar-refractivity contribution < 1.29 is 9.47 Å². The first-order valence-corrected chi connectivity index (χ1v) is 8.22. The van der Waals surface area contributed by atoms with Crippen molar-refractivity contribution in [2.75, 3.05) is 14.2 Å². The molecule has 1 aromatic rings. The Labute approximate surface area is 129 Å².